The Bertz CT molecular complexity index is 1150. The molecule has 168 valence electrons. The molecule has 3 aromatic rings. The Morgan fingerprint density at radius 1 is 1.19 bits per heavy atom. The Morgan fingerprint density at radius 3 is 2.72 bits per heavy atom. The fraction of sp³-hybridized carbons (Fsp3) is 0.429. The van der Waals surface area contributed by atoms with Crippen molar-refractivity contribution in [2.45, 2.75) is 31.5 Å². The van der Waals surface area contributed by atoms with Gasteiger partial charge in [-0.05, 0) is 37.9 Å². The predicted octanol–water partition coefficient (Wildman–Crippen LogP) is 3.05. The van der Waals surface area contributed by atoms with E-state index in [4.69, 9.17) is 0 Å². The monoisotopic (exact) mass is 445 g/mol. The lowest BCUT2D eigenvalue weighted by Gasteiger charge is -2.30. The van der Waals surface area contributed by atoms with Crippen molar-refractivity contribution >= 4 is 22.9 Å². The van der Waals surface area contributed by atoms with E-state index in [-0.39, 0.29) is 40.1 Å². The zero-order chi connectivity index (χ0) is 22.3. The molecule has 8 nitrogen and oxygen atoms in total. The van der Waals surface area contributed by atoms with Gasteiger partial charge in [-0.25, -0.2) is 15.0 Å². The van der Waals surface area contributed by atoms with Crippen LogP contribution in [-0.2, 0) is 6.18 Å². The molecule has 0 radical (unpaired) electrons. The van der Waals surface area contributed by atoms with Gasteiger partial charge in [-0.1, -0.05) is 0 Å². The minimum Gasteiger partial charge on any atom is -0.366 e. The molecule has 0 saturated carbocycles. The number of aromatic amines is 1. The number of alkyl halides is 3. The van der Waals surface area contributed by atoms with E-state index in [2.05, 4.69) is 30.6 Å². The van der Waals surface area contributed by atoms with Crippen LogP contribution in [0.3, 0.4) is 0 Å². The van der Waals surface area contributed by atoms with Gasteiger partial charge in [0.1, 0.15) is 17.0 Å². The van der Waals surface area contributed by atoms with Gasteiger partial charge in [0.15, 0.2) is 5.65 Å². The molecule has 1 atom stereocenters. The number of piperidine rings is 1. The highest BCUT2D eigenvalue weighted by atomic mass is 19.4. The number of rotatable bonds is 4. The molecule has 32 heavy (non-hydrogen) atoms. The minimum atomic E-state index is -4.59. The van der Waals surface area contributed by atoms with Crippen LogP contribution in [0.4, 0.5) is 19.0 Å². The summed E-state index contributed by atoms with van der Waals surface area (Å²) >= 11 is 0. The van der Waals surface area contributed by atoms with E-state index in [1.165, 1.54) is 18.5 Å². The summed E-state index contributed by atoms with van der Waals surface area (Å²) in [6.45, 7) is 3.00. The van der Waals surface area contributed by atoms with Crippen LogP contribution >= 0.6 is 0 Å². The van der Waals surface area contributed by atoms with Gasteiger partial charge in [-0.3, -0.25) is 4.79 Å². The van der Waals surface area contributed by atoms with Crippen LogP contribution in [-0.4, -0.2) is 63.0 Å². The van der Waals surface area contributed by atoms with Crippen molar-refractivity contribution in [3.63, 3.8) is 0 Å². The quantitative estimate of drug-likeness (QED) is 0.571. The second kappa shape index (κ2) is 8.05. The number of carbonyl (C=O) groups excluding carboxylic acids is 1. The number of H-pyrrole nitrogens is 1. The third-order valence-corrected chi connectivity index (χ3v) is 5.85. The van der Waals surface area contributed by atoms with E-state index in [1.807, 2.05) is 0 Å². The Morgan fingerprint density at radius 2 is 2.03 bits per heavy atom. The average molecular weight is 445 g/mol. The van der Waals surface area contributed by atoms with E-state index < -0.39 is 11.7 Å². The normalized spacial score (nSPS) is 19.1. The molecule has 5 rings (SSSR count). The number of pyridine rings is 1. The van der Waals surface area contributed by atoms with Gasteiger partial charge in [0.25, 0.3) is 5.91 Å². The topological polar surface area (TPSA) is 98.8 Å². The molecule has 0 unspecified atom stereocenters. The van der Waals surface area contributed by atoms with Gasteiger partial charge < -0.3 is 20.5 Å². The van der Waals surface area contributed by atoms with Gasteiger partial charge in [-0.15, -0.1) is 0 Å². The summed E-state index contributed by atoms with van der Waals surface area (Å²) in [5.41, 5.74) is -0.249. The molecule has 1 amide bonds. The smallest absolute Gasteiger partial charge is 0.366 e. The number of nitrogens with one attached hydrogen (secondary N) is 3. The highest BCUT2D eigenvalue weighted by Crippen LogP contribution is 2.38. The number of hydrogen-bond acceptors (Lipinski definition) is 6. The molecule has 2 fully saturated rings. The lowest BCUT2D eigenvalue weighted by molar-refractivity contribution is -0.137. The third kappa shape index (κ3) is 3.88. The van der Waals surface area contributed by atoms with Crippen LogP contribution in [0.25, 0.3) is 22.4 Å². The van der Waals surface area contributed by atoms with E-state index in [1.54, 1.807) is 4.90 Å². The van der Waals surface area contributed by atoms with Gasteiger partial charge in [0.05, 0.1) is 17.5 Å². The van der Waals surface area contributed by atoms with Crippen LogP contribution < -0.4 is 10.6 Å². The van der Waals surface area contributed by atoms with Crippen LogP contribution in [0.1, 0.15) is 35.3 Å². The number of carbonyl (C=O) groups is 1. The summed E-state index contributed by atoms with van der Waals surface area (Å²) < 4.78 is 41.3. The zero-order valence-corrected chi connectivity index (χ0v) is 17.2. The standard InChI is InChI=1S/C21H22F3N7O/c22-21(23,24)14-4-5-16(28-12-3-1-6-25-9-12)30-17(14)13-10-27-19-18(13)26-11-15(29-19)20(32)31-7-2-8-31/h4-5,10-12,25H,1-3,6-9H2,(H,27,29)(H,28,30)/t12-/m0/s1. The molecule has 2 aliphatic rings. The van der Waals surface area contributed by atoms with Crippen LogP contribution in [0.2, 0.25) is 0 Å². The number of fused-ring (bicyclic) bond motifs is 1. The Balaban J connectivity index is 1.52. The van der Waals surface area contributed by atoms with Gasteiger partial charge in [-0.2, -0.15) is 13.2 Å². The second-order valence-corrected chi connectivity index (χ2v) is 8.08. The molecule has 3 N–H and O–H groups in total. The molecule has 0 spiro atoms. The molecular formula is C21H22F3N7O. The average Bonchev–Trinajstić information content (AvgIpc) is 3.15. The summed E-state index contributed by atoms with van der Waals surface area (Å²) in [5.74, 6) is 0.136. The summed E-state index contributed by atoms with van der Waals surface area (Å²) in [5, 5.41) is 6.49. The maximum Gasteiger partial charge on any atom is 0.418 e. The van der Waals surface area contributed by atoms with E-state index in [9.17, 15) is 18.0 Å². The van der Waals surface area contributed by atoms with Gasteiger partial charge >= 0.3 is 6.18 Å². The van der Waals surface area contributed by atoms with Crippen molar-refractivity contribution in [1.29, 1.82) is 0 Å². The van der Waals surface area contributed by atoms with Crippen molar-refractivity contribution < 1.29 is 18.0 Å². The van der Waals surface area contributed by atoms with E-state index in [0.717, 1.165) is 38.4 Å². The van der Waals surface area contributed by atoms with E-state index >= 15 is 0 Å². The molecular weight excluding hydrogens is 423 g/mol. The first kappa shape index (κ1) is 20.7. The number of halogens is 3. The lowest BCUT2D eigenvalue weighted by Crippen LogP contribution is -2.42. The Hall–Kier alpha value is -3.21. The summed E-state index contributed by atoms with van der Waals surface area (Å²) in [6.07, 6.45) is 0.980. The maximum atomic E-state index is 13.8. The molecule has 5 heterocycles. The largest absolute Gasteiger partial charge is 0.418 e. The molecule has 0 aliphatic carbocycles. The first-order valence-electron chi connectivity index (χ1n) is 10.6. The van der Waals surface area contributed by atoms with Gasteiger partial charge in [0.2, 0.25) is 0 Å². The fourth-order valence-electron chi connectivity index (χ4n) is 4.02. The Kier molecular flexibility index (Phi) is 5.20. The number of likely N-dealkylation sites (tertiary alicyclic amines) is 1. The number of aromatic nitrogens is 4. The summed E-state index contributed by atoms with van der Waals surface area (Å²) in [6, 6.07) is 2.49. The predicted molar refractivity (Wildman–Crippen MR) is 112 cm³/mol. The van der Waals surface area contributed by atoms with Crippen LogP contribution in [0.15, 0.2) is 24.5 Å². The van der Waals surface area contributed by atoms with Crippen molar-refractivity contribution in [1.82, 2.24) is 30.2 Å². The van der Waals surface area contributed by atoms with Gasteiger partial charge in [0, 0.05) is 37.4 Å². The number of anilines is 1. The maximum absolute atomic E-state index is 13.8. The summed E-state index contributed by atoms with van der Waals surface area (Å²) in [7, 11) is 0. The lowest BCUT2D eigenvalue weighted by atomic mass is 10.1. The van der Waals surface area contributed by atoms with Crippen molar-refractivity contribution in [3.8, 4) is 11.3 Å². The van der Waals surface area contributed by atoms with E-state index in [0.29, 0.717) is 18.9 Å². The number of amides is 1. The van der Waals surface area contributed by atoms with Crippen LogP contribution in [0.5, 0.6) is 0 Å². The first-order chi connectivity index (χ1) is 15.4. The number of nitrogens with zero attached hydrogens (tertiary/aromatic N) is 4. The SMILES string of the molecule is O=C(c1cnc2c(-c3nc(N[C@H]4CCCNC4)ccc3C(F)(F)F)c[nH]c2n1)N1CCC1. The second-order valence-electron chi connectivity index (χ2n) is 8.08. The molecule has 2 aliphatic heterocycles. The molecule has 0 aromatic carbocycles. The highest BCUT2D eigenvalue weighted by molar-refractivity contribution is 5.96. The third-order valence-electron chi connectivity index (χ3n) is 5.85. The fourth-order valence-corrected chi connectivity index (χ4v) is 4.02. The van der Waals surface area contributed by atoms with Crippen molar-refractivity contribution in [2.24, 2.45) is 0 Å². The Labute approximate surface area is 181 Å². The zero-order valence-electron chi connectivity index (χ0n) is 17.2. The molecule has 0 bridgehead atoms. The minimum absolute atomic E-state index is 0.0960. The number of hydrogen-bond donors (Lipinski definition) is 3. The van der Waals surface area contributed by atoms with Crippen LogP contribution in [0, 0.1) is 0 Å². The van der Waals surface area contributed by atoms with Crippen molar-refractivity contribution in [3.05, 3.63) is 35.8 Å². The highest BCUT2D eigenvalue weighted by Gasteiger charge is 2.36. The molecule has 3 aromatic heterocycles. The first-order valence-corrected chi connectivity index (χ1v) is 10.6. The van der Waals surface area contributed by atoms with Crippen molar-refractivity contribution in [2.75, 3.05) is 31.5 Å². The molecule has 2 saturated heterocycles. The molecule has 11 heteroatoms. The summed E-state index contributed by atoms with van der Waals surface area (Å²) in [4.78, 5) is 29.8.